The maximum absolute atomic E-state index is 7.20. The highest BCUT2D eigenvalue weighted by Crippen LogP contribution is 2.25. The van der Waals surface area contributed by atoms with E-state index in [1.54, 1.807) is 0 Å². The van der Waals surface area contributed by atoms with E-state index in [4.69, 9.17) is 5.41 Å². The van der Waals surface area contributed by atoms with Gasteiger partial charge < -0.3 is 10.7 Å². The molecule has 4 N–H and O–H groups in total. The Kier molecular flexibility index (Phi) is 14.8. The highest BCUT2D eigenvalue weighted by atomic mass is 15.4. The van der Waals surface area contributed by atoms with Crippen molar-refractivity contribution in [3.63, 3.8) is 0 Å². The van der Waals surface area contributed by atoms with Gasteiger partial charge in [0.1, 0.15) is 0 Å². The van der Waals surface area contributed by atoms with Gasteiger partial charge in [-0.3, -0.25) is 10.4 Å². The van der Waals surface area contributed by atoms with Crippen LogP contribution in [0, 0.1) is 23.2 Å². The number of rotatable bonds is 16. The molecule has 0 heterocycles. The Morgan fingerprint density at radius 2 is 1.73 bits per heavy atom. The number of nitrogens with zero attached hydrogens (tertiary/aromatic N) is 1. The second-order valence-electron chi connectivity index (χ2n) is 8.14. The Balaban J connectivity index is 4.68. The fourth-order valence-corrected chi connectivity index (χ4v) is 3.43. The highest BCUT2D eigenvalue weighted by Gasteiger charge is 2.23. The van der Waals surface area contributed by atoms with Crippen LogP contribution in [0.1, 0.15) is 80.6 Å². The van der Waals surface area contributed by atoms with Crippen LogP contribution in [0.15, 0.2) is 4.99 Å². The molecule has 154 valence electrons. The molecule has 0 rings (SSSR count). The van der Waals surface area contributed by atoms with Crippen molar-refractivity contribution in [3.05, 3.63) is 0 Å². The third-order valence-electron chi connectivity index (χ3n) is 5.09. The first-order valence-electron chi connectivity index (χ1n) is 10.5. The van der Waals surface area contributed by atoms with E-state index in [1.807, 2.05) is 6.92 Å². The summed E-state index contributed by atoms with van der Waals surface area (Å²) in [7, 11) is 0. The van der Waals surface area contributed by atoms with E-state index in [1.165, 1.54) is 25.5 Å². The van der Waals surface area contributed by atoms with Gasteiger partial charge in [-0.2, -0.15) is 0 Å². The summed E-state index contributed by atoms with van der Waals surface area (Å²) in [6.07, 6.45) is 7.34. The molecule has 0 saturated heterocycles. The Hall–Kier alpha value is -0.780. The van der Waals surface area contributed by atoms with E-state index in [-0.39, 0.29) is 6.17 Å². The third-order valence-corrected chi connectivity index (χ3v) is 5.09. The maximum Gasteiger partial charge on any atom is 0.0675 e. The van der Waals surface area contributed by atoms with Crippen LogP contribution in [-0.2, 0) is 0 Å². The lowest BCUT2D eigenvalue weighted by Crippen LogP contribution is -2.53. The molecule has 26 heavy (non-hydrogen) atoms. The minimum atomic E-state index is 0.257. The molecule has 0 aromatic heterocycles. The Morgan fingerprint density at radius 3 is 2.31 bits per heavy atom. The van der Waals surface area contributed by atoms with Crippen LogP contribution < -0.4 is 16.2 Å². The van der Waals surface area contributed by atoms with Crippen LogP contribution in [0.2, 0.25) is 0 Å². The molecule has 0 aliphatic rings. The summed E-state index contributed by atoms with van der Waals surface area (Å²) < 4.78 is 0. The van der Waals surface area contributed by atoms with Crippen LogP contribution in [-0.4, -0.2) is 37.2 Å². The van der Waals surface area contributed by atoms with Crippen LogP contribution in [0.5, 0.6) is 0 Å². The van der Waals surface area contributed by atoms with Gasteiger partial charge in [0, 0.05) is 30.9 Å². The lowest BCUT2D eigenvalue weighted by atomic mass is 9.82. The van der Waals surface area contributed by atoms with Gasteiger partial charge in [0.15, 0.2) is 0 Å². The van der Waals surface area contributed by atoms with E-state index in [0.29, 0.717) is 24.3 Å². The summed E-state index contributed by atoms with van der Waals surface area (Å²) >= 11 is 0. The number of aliphatic imine (C=N–C) groups is 1. The summed E-state index contributed by atoms with van der Waals surface area (Å²) in [5.41, 5.74) is 7.96. The largest absolute Gasteiger partial charge is 0.313 e. The van der Waals surface area contributed by atoms with Gasteiger partial charge in [-0.25, -0.2) is 5.43 Å². The van der Waals surface area contributed by atoms with Crippen molar-refractivity contribution in [2.75, 3.05) is 13.1 Å². The highest BCUT2D eigenvalue weighted by molar-refractivity contribution is 5.92. The number of hydrogen-bond acceptors (Lipinski definition) is 5. The lowest BCUT2D eigenvalue weighted by molar-refractivity contribution is 0.215. The molecule has 0 saturated carbocycles. The van der Waals surface area contributed by atoms with Crippen molar-refractivity contribution >= 4 is 11.9 Å². The topological polar surface area (TPSA) is 72.3 Å². The predicted molar refractivity (Wildman–Crippen MR) is 116 cm³/mol. The average molecular weight is 368 g/mol. The molecule has 0 bridgehead atoms. The van der Waals surface area contributed by atoms with Crippen molar-refractivity contribution in [1.82, 2.24) is 16.2 Å². The van der Waals surface area contributed by atoms with Crippen molar-refractivity contribution in [3.8, 4) is 0 Å². The van der Waals surface area contributed by atoms with E-state index in [2.05, 4.69) is 62.7 Å². The molecule has 4 atom stereocenters. The molecule has 0 aliphatic carbocycles. The van der Waals surface area contributed by atoms with E-state index in [0.717, 1.165) is 31.1 Å². The van der Waals surface area contributed by atoms with Crippen LogP contribution in [0.3, 0.4) is 0 Å². The Morgan fingerprint density at radius 1 is 1.04 bits per heavy atom. The van der Waals surface area contributed by atoms with Crippen molar-refractivity contribution < 1.29 is 0 Å². The second kappa shape index (κ2) is 15.3. The fourth-order valence-electron chi connectivity index (χ4n) is 3.43. The number of nitrogens with one attached hydrogen (secondary N) is 4. The maximum atomic E-state index is 7.20. The molecule has 0 fully saturated rings. The zero-order valence-corrected chi connectivity index (χ0v) is 18.4. The molecule has 0 aromatic rings. The minimum Gasteiger partial charge on any atom is -0.313 e. The molecular weight excluding hydrogens is 322 g/mol. The first-order valence-corrected chi connectivity index (χ1v) is 10.5. The third kappa shape index (κ3) is 12.6. The van der Waals surface area contributed by atoms with Crippen molar-refractivity contribution in [2.24, 2.45) is 22.7 Å². The molecule has 5 heteroatoms. The summed E-state index contributed by atoms with van der Waals surface area (Å²) in [5.74, 6) is 2.04. The summed E-state index contributed by atoms with van der Waals surface area (Å²) in [4.78, 5) is 4.66. The van der Waals surface area contributed by atoms with E-state index < -0.39 is 0 Å². The second-order valence-corrected chi connectivity index (χ2v) is 8.14. The lowest BCUT2D eigenvalue weighted by Gasteiger charge is -2.31. The van der Waals surface area contributed by atoms with Gasteiger partial charge in [-0.15, -0.1) is 0 Å². The minimum absolute atomic E-state index is 0.257. The van der Waals surface area contributed by atoms with Crippen molar-refractivity contribution in [2.45, 2.75) is 92.8 Å². The smallest absolute Gasteiger partial charge is 0.0675 e. The fraction of sp³-hybridized carbons (Fsp3) is 0.905. The molecule has 1 unspecified atom stereocenters. The zero-order chi connectivity index (χ0) is 19.9. The van der Waals surface area contributed by atoms with E-state index >= 15 is 0 Å². The Labute approximate surface area is 162 Å². The SMILES string of the molecule is CCN[C@H](C)NN[C@H](C)[C@H](CCN=C(C)CC=N)C(C)CCCC(C)C. The number of hydrogen-bond donors (Lipinski definition) is 4. The van der Waals surface area contributed by atoms with Gasteiger partial charge in [0.2, 0.25) is 0 Å². The van der Waals surface area contributed by atoms with Gasteiger partial charge in [0.05, 0.1) is 6.17 Å². The summed E-state index contributed by atoms with van der Waals surface area (Å²) in [6.45, 7) is 17.4. The monoisotopic (exact) mass is 367 g/mol. The van der Waals surface area contributed by atoms with E-state index in [9.17, 15) is 0 Å². The summed E-state index contributed by atoms with van der Waals surface area (Å²) in [5, 5.41) is 10.6. The number of hydrazine groups is 1. The average Bonchev–Trinajstić information content (AvgIpc) is 2.56. The molecule has 0 aromatic carbocycles. The quantitative estimate of drug-likeness (QED) is 0.186. The first kappa shape index (κ1) is 25.2. The molecular formula is C21H45N5. The first-order chi connectivity index (χ1) is 12.3. The van der Waals surface area contributed by atoms with Gasteiger partial charge in [-0.1, -0.05) is 47.0 Å². The van der Waals surface area contributed by atoms with Crippen LogP contribution >= 0.6 is 0 Å². The summed E-state index contributed by atoms with van der Waals surface area (Å²) in [6, 6.07) is 0.392. The molecule has 0 aliphatic heterocycles. The molecule has 5 nitrogen and oxygen atoms in total. The normalized spacial score (nSPS) is 17.2. The van der Waals surface area contributed by atoms with Crippen LogP contribution in [0.4, 0.5) is 0 Å². The standard InChI is InChI=1S/C21H45N5/c1-8-23-20(7)26-25-19(6)21(13-15-24-18(5)12-14-22)17(4)11-9-10-16(2)3/h14,16-17,19-23,25-26H,8-13,15H2,1-7H3/t17?,19-,20+,21-/m1/s1. The predicted octanol–water partition coefficient (Wildman–Crippen LogP) is 4.39. The zero-order valence-electron chi connectivity index (χ0n) is 18.4. The Bertz CT molecular complexity index is 381. The van der Waals surface area contributed by atoms with Gasteiger partial charge in [-0.05, 0) is 51.5 Å². The van der Waals surface area contributed by atoms with Crippen molar-refractivity contribution in [1.29, 1.82) is 5.41 Å². The molecule has 0 amide bonds. The van der Waals surface area contributed by atoms with Gasteiger partial charge in [0.25, 0.3) is 0 Å². The van der Waals surface area contributed by atoms with Gasteiger partial charge >= 0.3 is 0 Å². The molecule has 0 radical (unpaired) electrons. The molecule has 0 spiro atoms. The van der Waals surface area contributed by atoms with Crippen LogP contribution in [0.25, 0.3) is 0 Å².